The maximum absolute atomic E-state index is 12.7. The van der Waals surface area contributed by atoms with Gasteiger partial charge in [-0.1, -0.05) is 23.4 Å². The summed E-state index contributed by atoms with van der Waals surface area (Å²) in [7, 11) is 0. The lowest BCUT2D eigenvalue weighted by Gasteiger charge is -2.33. The minimum atomic E-state index is -0.0115. The molecule has 1 amide bonds. The van der Waals surface area contributed by atoms with Crippen molar-refractivity contribution >= 4 is 16.8 Å². The van der Waals surface area contributed by atoms with Crippen LogP contribution in [0.2, 0.25) is 0 Å². The molecule has 1 N–H and O–H groups in total. The summed E-state index contributed by atoms with van der Waals surface area (Å²) in [6.07, 6.45) is 0. The van der Waals surface area contributed by atoms with E-state index in [2.05, 4.69) is 20.3 Å². The maximum atomic E-state index is 12.7. The summed E-state index contributed by atoms with van der Waals surface area (Å²) >= 11 is 0. The van der Waals surface area contributed by atoms with Gasteiger partial charge in [0.05, 0.1) is 17.8 Å². The Kier molecular flexibility index (Phi) is 3.78. The lowest BCUT2D eigenvalue weighted by Crippen LogP contribution is -2.48. The van der Waals surface area contributed by atoms with Crippen LogP contribution in [0.15, 0.2) is 34.9 Å². The number of aryl methyl sites for hydroxylation is 1. The quantitative estimate of drug-likeness (QED) is 0.795. The first kappa shape index (κ1) is 14.9. The number of piperazine rings is 1. The molecule has 7 nitrogen and oxygen atoms in total. The standard InChI is InChI=1S/C17H19N5O2/c1-12-10-13(24-20-12)11-21-6-8-22(9-7-21)17(23)16-14-4-2-3-5-15(14)18-19-16/h2-5,10H,6-9,11H2,1H3,(H,18,19). The third kappa shape index (κ3) is 2.78. The molecule has 1 aromatic carbocycles. The van der Waals surface area contributed by atoms with Crippen molar-refractivity contribution in [3.63, 3.8) is 0 Å². The maximum Gasteiger partial charge on any atom is 0.275 e. The number of nitrogens with one attached hydrogen (secondary N) is 1. The Hall–Kier alpha value is -2.67. The largest absolute Gasteiger partial charge is 0.360 e. The molecule has 2 aromatic heterocycles. The number of fused-ring (bicyclic) bond motifs is 1. The van der Waals surface area contributed by atoms with Crippen molar-refractivity contribution in [3.05, 3.63) is 47.5 Å². The second-order valence-corrected chi connectivity index (χ2v) is 6.12. The number of rotatable bonds is 3. The van der Waals surface area contributed by atoms with E-state index >= 15 is 0 Å². The molecule has 0 atom stereocenters. The van der Waals surface area contributed by atoms with E-state index in [-0.39, 0.29) is 5.91 Å². The lowest BCUT2D eigenvalue weighted by atomic mass is 10.2. The van der Waals surface area contributed by atoms with Gasteiger partial charge in [0.2, 0.25) is 0 Å². The Morgan fingerprint density at radius 2 is 2.04 bits per heavy atom. The highest BCUT2D eigenvalue weighted by Gasteiger charge is 2.25. The fourth-order valence-electron chi connectivity index (χ4n) is 3.10. The summed E-state index contributed by atoms with van der Waals surface area (Å²) in [6.45, 7) is 5.65. The van der Waals surface area contributed by atoms with Gasteiger partial charge < -0.3 is 9.42 Å². The predicted molar refractivity (Wildman–Crippen MR) is 88.5 cm³/mol. The topological polar surface area (TPSA) is 78.3 Å². The van der Waals surface area contributed by atoms with E-state index in [1.54, 1.807) is 0 Å². The van der Waals surface area contributed by atoms with Crippen molar-refractivity contribution in [2.24, 2.45) is 0 Å². The van der Waals surface area contributed by atoms with E-state index in [0.717, 1.165) is 42.0 Å². The van der Waals surface area contributed by atoms with E-state index in [9.17, 15) is 4.79 Å². The van der Waals surface area contributed by atoms with Crippen LogP contribution in [0.5, 0.6) is 0 Å². The van der Waals surface area contributed by atoms with Crippen molar-refractivity contribution in [2.45, 2.75) is 13.5 Å². The molecule has 0 spiro atoms. The number of aromatic nitrogens is 3. The molecule has 1 aliphatic heterocycles. The van der Waals surface area contributed by atoms with Gasteiger partial charge in [-0.25, -0.2) is 0 Å². The van der Waals surface area contributed by atoms with Gasteiger partial charge in [-0.05, 0) is 13.0 Å². The molecule has 1 aliphatic rings. The number of nitrogens with zero attached hydrogens (tertiary/aromatic N) is 4. The molecular weight excluding hydrogens is 306 g/mol. The zero-order valence-corrected chi connectivity index (χ0v) is 13.5. The van der Waals surface area contributed by atoms with Crippen LogP contribution >= 0.6 is 0 Å². The molecule has 1 fully saturated rings. The minimum absolute atomic E-state index is 0.0115. The number of para-hydroxylation sites is 1. The molecule has 1 saturated heterocycles. The average Bonchev–Trinajstić information content (AvgIpc) is 3.21. The van der Waals surface area contributed by atoms with Crippen LogP contribution in [0.3, 0.4) is 0 Å². The van der Waals surface area contributed by atoms with Gasteiger partial charge in [0.15, 0.2) is 11.5 Å². The van der Waals surface area contributed by atoms with Crippen molar-refractivity contribution < 1.29 is 9.32 Å². The number of benzene rings is 1. The molecule has 7 heteroatoms. The summed E-state index contributed by atoms with van der Waals surface area (Å²) in [6, 6.07) is 9.66. The smallest absolute Gasteiger partial charge is 0.275 e. The second kappa shape index (κ2) is 6.09. The molecular formula is C17H19N5O2. The number of hydrogen-bond acceptors (Lipinski definition) is 5. The van der Waals surface area contributed by atoms with Gasteiger partial charge in [-0.3, -0.25) is 14.8 Å². The van der Waals surface area contributed by atoms with Gasteiger partial charge in [-0.15, -0.1) is 0 Å². The van der Waals surface area contributed by atoms with Gasteiger partial charge in [-0.2, -0.15) is 5.10 Å². The Morgan fingerprint density at radius 3 is 2.79 bits per heavy atom. The Balaban J connectivity index is 1.41. The molecule has 3 heterocycles. The first-order valence-electron chi connectivity index (χ1n) is 8.07. The van der Waals surface area contributed by atoms with E-state index in [1.165, 1.54) is 0 Å². The average molecular weight is 325 g/mol. The fourth-order valence-corrected chi connectivity index (χ4v) is 3.10. The van der Waals surface area contributed by atoms with Crippen molar-refractivity contribution in [1.29, 1.82) is 0 Å². The highest BCUT2D eigenvalue weighted by Crippen LogP contribution is 2.18. The molecule has 0 aliphatic carbocycles. The molecule has 24 heavy (non-hydrogen) atoms. The zero-order valence-electron chi connectivity index (χ0n) is 13.5. The summed E-state index contributed by atoms with van der Waals surface area (Å²) in [5.74, 6) is 0.855. The number of H-pyrrole nitrogens is 1. The summed E-state index contributed by atoms with van der Waals surface area (Å²) in [5, 5.41) is 11.9. The van der Waals surface area contributed by atoms with Crippen LogP contribution in [-0.2, 0) is 6.54 Å². The van der Waals surface area contributed by atoms with Crippen LogP contribution in [-0.4, -0.2) is 57.2 Å². The Bertz CT molecular complexity index is 861. The number of carbonyl (C=O) groups is 1. The highest BCUT2D eigenvalue weighted by atomic mass is 16.5. The predicted octanol–water partition coefficient (Wildman–Crippen LogP) is 1.82. The summed E-state index contributed by atoms with van der Waals surface area (Å²) in [4.78, 5) is 16.9. The van der Waals surface area contributed by atoms with Crippen molar-refractivity contribution in [3.8, 4) is 0 Å². The van der Waals surface area contributed by atoms with Gasteiger partial charge in [0, 0.05) is 37.6 Å². The molecule has 0 bridgehead atoms. The third-order valence-corrected chi connectivity index (χ3v) is 4.39. The lowest BCUT2D eigenvalue weighted by molar-refractivity contribution is 0.0613. The minimum Gasteiger partial charge on any atom is -0.360 e. The number of amides is 1. The van der Waals surface area contributed by atoms with Crippen LogP contribution in [0.1, 0.15) is 21.9 Å². The molecule has 0 unspecified atom stereocenters. The van der Waals surface area contributed by atoms with Gasteiger partial charge in [0.25, 0.3) is 5.91 Å². The third-order valence-electron chi connectivity index (χ3n) is 4.39. The Labute approximate surface area is 139 Å². The highest BCUT2D eigenvalue weighted by molar-refractivity contribution is 6.04. The fraction of sp³-hybridized carbons (Fsp3) is 0.353. The monoisotopic (exact) mass is 325 g/mol. The molecule has 0 saturated carbocycles. The number of hydrogen-bond donors (Lipinski definition) is 1. The van der Waals surface area contributed by atoms with Crippen LogP contribution < -0.4 is 0 Å². The normalized spacial score (nSPS) is 16.0. The van der Waals surface area contributed by atoms with Crippen LogP contribution in [0.4, 0.5) is 0 Å². The molecule has 124 valence electrons. The molecule has 0 radical (unpaired) electrons. The SMILES string of the molecule is Cc1cc(CN2CCN(C(=O)c3n[nH]c4ccccc34)CC2)on1. The number of carbonyl (C=O) groups excluding carboxylic acids is 1. The van der Waals surface area contributed by atoms with Crippen molar-refractivity contribution in [1.82, 2.24) is 25.2 Å². The summed E-state index contributed by atoms with van der Waals surface area (Å²) < 4.78 is 5.26. The molecule has 4 rings (SSSR count). The van der Waals surface area contributed by atoms with E-state index in [1.807, 2.05) is 42.2 Å². The second-order valence-electron chi connectivity index (χ2n) is 6.12. The van der Waals surface area contributed by atoms with Crippen LogP contribution in [0.25, 0.3) is 10.9 Å². The molecule has 3 aromatic rings. The van der Waals surface area contributed by atoms with Gasteiger partial charge >= 0.3 is 0 Å². The first-order chi connectivity index (χ1) is 11.7. The zero-order chi connectivity index (χ0) is 16.5. The van der Waals surface area contributed by atoms with Crippen molar-refractivity contribution in [2.75, 3.05) is 26.2 Å². The summed E-state index contributed by atoms with van der Waals surface area (Å²) in [5.41, 5.74) is 2.29. The van der Waals surface area contributed by atoms with E-state index in [0.29, 0.717) is 18.8 Å². The van der Waals surface area contributed by atoms with Gasteiger partial charge in [0.1, 0.15) is 0 Å². The van der Waals surface area contributed by atoms with E-state index in [4.69, 9.17) is 4.52 Å². The van der Waals surface area contributed by atoms with Crippen LogP contribution in [0, 0.1) is 6.92 Å². The van der Waals surface area contributed by atoms with E-state index < -0.39 is 0 Å². The first-order valence-corrected chi connectivity index (χ1v) is 8.07. The Morgan fingerprint density at radius 1 is 1.25 bits per heavy atom. The number of aromatic amines is 1.